The van der Waals surface area contributed by atoms with Gasteiger partial charge in [0.25, 0.3) is 0 Å². The molecule has 1 N–H and O–H groups in total. The molecular weight excluding hydrogens is 220 g/mol. The Hall–Kier alpha value is -1.73. The minimum atomic E-state index is -0.677. The Labute approximate surface area is 100 Å². The first kappa shape index (κ1) is 12.3. The summed E-state index contributed by atoms with van der Waals surface area (Å²) in [6.45, 7) is 3.50. The summed E-state index contributed by atoms with van der Waals surface area (Å²) in [6, 6.07) is 8.93. The molecule has 82 valence electrons. The van der Waals surface area contributed by atoms with Gasteiger partial charge in [-0.1, -0.05) is 12.2 Å². The van der Waals surface area contributed by atoms with Gasteiger partial charge < -0.3 is 10.1 Å². The molecule has 16 heavy (non-hydrogen) atoms. The second-order valence-electron chi connectivity index (χ2n) is 3.98. The molecule has 0 aliphatic rings. The number of nitriles is 1. The maximum atomic E-state index is 10.8. The lowest BCUT2D eigenvalue weighted by molar-refractivity contribution is -0.112. The summed E-state index contributed by atoms with van der Waals surface area (Å²) in [7, 11) is 0. The summed E-state index contributed by atoms with van der Waals surface area (Å²) in [5, 5.41) is 11.6. The minimum absolute atomic E-state index is 0.465. The number of carbonyl (C=O) groups is 1. The molecule has 0 spiro atoms. The maximum absolute atomic E-state index is 10.8. The van der Waals surface area contributed by atoms with Crippen molar-refractivity contribution in [3.05, 3.63) is 29.8 Å². The molecule has 0 saturated carbocycles. The summed E-state index contributed by atoms with van der Waals surface area (Å²) in [6.07, 6.45) is 0.811. The van der Waals surface area contributed by atoms with Gasteiger partial charge in [-0.25, -0.2) is 0 Å². The third-order valence-electron chi connectivity index (χ3n) is 2.15. The van der Waals surface area contributed by atoms with Gasteiger partial charge in [0.1, 0.15) is 6.29 Å². The van der Waals surface area contributed by atoms with Crippen LogP contribution in [0.5, 0.6) is 0 Å². The Bertz CT molecular complexity index is 443. The van der Waals surface area contributed by atoms with Gasteiger partial charge in [-0.2, -0.15) is 5.26 Å². The van der Waals surface area contributed by atoms with Crippen LogP contribution < -0.4 is 5.32 Å². The Morgan fingerprint density at radius 3 is 2.44 bits per heavy atom. The van der Waals surface area contributed by atoms with Crippen molar-refractivity contribution in [1.82, 2.24) is 0 Å². The summed E-state index contributed by atoms with van der Waals surface area (Å²) >= 11 is 5.13. The normalized spacial score (nSPS) is 10.3. The molecule has 0 atom stereocenters. The van der Waals surface area contributed by atoms with E-state index >= 15 is 0 Å². The number of benzene rings is 1. The average Bonchev–Trinajstić information content (AvgIpc) is 2.30. The largest absolute Gasteiger partial charge is 0.349 e. The van der Waals surface area contributed by atoms with Crippen LogP contribution in [0.3, 0.4) is 0 Å². The molecule has 0 heterocycles. The molecule has 1 rings (SSSR count). The summed E-state index contributed by atoms with van der Waals surface area (Å²) in [5.41, 5.74) is 0.688. The first-order valence-electron chi connectivity index (χ1n) is 4.77. The van der Waals surface area contributed by atoms with E-state index in [-0.39, 0.29) is 0 Å². The average molecular weight is 232 g/mol. The third-order valence-corrected chi connectivity index (χ3v) is 2.78. The van der Waals surface area contributed by atoms with Gasteiger partial charge >= 0.3 is 0 Å². The predicted octanol–water partition coefficient (Wildman–Crippen LogP) is 2.52. The Kier molecular flexibility index (Phi) is 3.75. The third kappa shape index (κ3) is 2.88. The lowest BCUT2D eigenvalue weighted by Gasteiger charge is -2.19. The standard InChI is InChI=1S/C12H12N2OS/c1-12(2,8-15)11(16)14-10-5-3-9(7-13)4-6-10/h3-6,8H,1-2H3,(H,14,16). The molecule has 0 bridgehead atoms. The van der Waals surface area contributed by atoms with Crippen molar-refractivity contribution in [2.24, 2.45) is 5.41 Å². The zero-order valence-electron chi connectivity index (χ0n) is 9.15. The number of anilines is 1. The second kappa shape index (κ2) is 4.86. The van der Waals surface area contributed by atoms with Crippen molar-refractivity contribution in [3.63, 3.8) is 0 Å². The highest BCUT2D eigenvalue weighted by Gasteiger charge is 2.22. The zero-order chi connectivity index (χ0) is 12.2. The highest BCUT2D eigenvalue weighted by atomic mass is 32.1. The van der Waals surface area contributed by atoms with Crippen LogP contribution in [0.15, 0.2) is 24.3 Å². The second-order valence-corrected chi connectivity index (χ2v) is 4.39. The number of nitrogens with zero attached hydrogens (tertiary/aromatic N) is 1. The lowest BCUT2D eigenvalue weighted by atomic mass is 9.95. The summed E-state index contributed by atoms with van der Waals surface area (Å²) in [4.78, 5) is 11.3. The van der Waals surface area contributed by atoms with Crippen LogP contribution in [0.1, 0.15) is 19.4 Å². The van der Waals surface area contributed by atoms with Crippen molar-refractivity contribution in [1.29, 1.82) is 5.26 Å². The fourth-order valence-electron chi connectivity index (χ4n) is 0.974. The smallest absolute Gasteiger partial charge is 0.132 e. The highest BCUT2D eigenvalue weighted by Crippen LogP contribution is 2.17. The van der Waals surface area contributed by atoms with Crippen LogP contribution in [-0.2, 0) is 4.79 Å². The van der Waals surface area contributed by atoms with Gasteiger partial charge in [0, 0.05) is 5.69 Å². The van der Waals surface area contributed by atoms with E-state index in [0.29, 0.717) is 10.6 Å². The number of hydrogen-bond acceptors (Lipinski definition) is 3. The maximum Gasteiger partial charge on any atom is 0.132 e. The van der Waals surface area contributed by atoms with E-state index in [1.807, 2.05) is 6.07 Å². The predicted molar refractivity (Wildman–Crippen MR) is 67.2 cm³/mol. The molecule has 0 fully saturated rings. The van der Waals surface area contributed by atoms with Crippen LogP contribution in [0.2, 0.25) is 0 Å². The van der Waals surface area contributed by atoms with Crippen molar-refractivity contribution in [2.75, 3.05) is 5.32 Å². The van der Waals surface area contributed by atoms with Gasteiger partial charge in [0.2, 0.25) is 0 Å². The Morgan fingerprint density at radius 2 is 2.00 bits per heavy atom. The van der Waals surface area contributed by atoms with Gasteiger partial charge in [-0.05, 0) is 38.1 Å². The molecule has 4 heteroatoms. The first-order valence-corrected chi connectivity index (χ1v) is 5.18. The van der Waals surface area contributed by atoms with Crippen LogP contribution in [0.4, 0.5) is 5.69 Å². The topological polar surface area (TPSA) is 52.9 Å². The summed E-state index contributed by atoms with van der Waals surface area (Å²) < 4.78 is 0. The van der Waals surface area contributed by atoms with E-state index in [9.17, 15) is 4.79 Å². The van der Waals surface area contributed by atoms with E-state index in [0.717, 1.165) is 12.0 Å². The van der Waals surface area contributed by atoms with Crippen LogP contribution in [-0.4, -0.2) is 11.3 Å². The number of aldehydes is 1. The van der Waals surface area contributed by atoms with Crippen molar-refractivity contribution < 1.29 is 4.79 Å². The van der Waals surface area contributed by atoms with E-state index < -0.39 is 5.41 Å². The zero-order valence-corrected chi connectivity index (χ0v) is 9.97. The number of carbonyl (C=O) groups excluding carboxylic acids is 1. The number of nitrogens with one attached hydrogen (secondary N) is 1. The molecule has 3 nitrogen and oxygen atoms in total. The lowest BCUT2D eigenvalue weighted by Crippen LogP contribution is -2.30. The molecule has 0 aromatic heterocycles. The van der Waals surface area contributed by atoms with Gasteiger partial charge in [0.15, 0.2) is 0 Å². The van der Waals surface area contributed by atoms with Crippen LogP contribution in [0, 0.1) is 16.7 Å². The van der Waals surface area contributed by atoms with E-state index in [2.05, 4.69) is 5.32 Å². The van der Waals surface area contributed by atoms with E-state index in [1.54, 1.807) is 38.1 Å². The van der Waals surface area contributed by atoms with Gasteiger partial charge in [-0.3, -0.25) is 0 Å². The highest BCUT2D eigenvalue weighted by molar-refractivity contribution is 7.80. The molecule has 0 saturated heterocycles. The minimum Gasteiger partial charge on any atom is -0.349 e. The summed E-state index contributed by atoms with van der Waals surface area (Å²) in [5.74, 6) is 0. The first-order chi connectivity index (χ1) is 7.49. The molecular formula is C12H12N2OS. The molecule has 1 aromatic rings. The molecule has 0 aliphatic carbocycles. The van der Waals surface area contributed by atoms with E-state index in [1.165, 1.54) is 0 Å². The van der Waals surface area contributed by atoms with Crippen LogP contribution in [0.25, 0.3) is 0 Å². The molecule has 0 aliphatic heterocycles. The van der Waals surface area contributed by atoms with Crippen molar-refractivity contribution >= 4 is 29.2 Å². The monoisotopic (exact) mass is 232 g/mol. The molecule has 0 radical (unpaired) electrons. The van der Waals surface area contributed by atoms with E-state index in [4.69, 9.17) is 17.5 Å². The molecule has 0 unspecified atom stereocenters. The Balaban J connectivity index is 2.78. The number of thiocarbonyl (C=S) groups is 1. The van der Waals surface area contributed by atoms with Crippen molar-refractivity contribution in [3.8, 4) is 6.07 Å². The fourth-order valence-corrected chi connectivity index (χ4v) is 1.14. The van der Waals surface area contributed by atoms with Crippen molar-refractivity contribution in [2.45, 2.75) is 13.8 Å². The number of hydrogen-bond donors (Lipinski definition) is 1. The van der Waals surface area contributed by atoms with Gasteiger partial charge in [0.05, 0.1) is 22.0 Å². The molecule has 0 amide bonds. The quantitative estimate of drug-likeness (QED) is 0.642. The van der Waals surface area contributed by atoms with Gasteiger partial charge in [-0.15, -0.1) is 0 Å². The number of rotatable bonds is 3. The van der Waals surface area contributed by atoms with Crippen LogP contribution >= 0.6 is 12.2 Å². The Morgan fingerprint density at radius 1 is 1.44 bits per heavy atom. The fraction of sp³-hybridized carbons (Fsp3) is 0.250. The SMILES string of the molecule is CC(C)(C=O)C(=S)Nc1ccc(C#N)cc1. The molecule has 1 aromatic carbocycles.